The Labute approximate surface area is 109 Å². The first kappa shape index (κ1) is 13.0. The van der Waals surface area contributed by atoms with Crippen molar-refractivity contribution in [2.75, 3.05) is 7.05 Å². The molecular weight excluding hydrogens is 220 g/mol. The summed E-state index contributed by atoms with van der Waals surface area (Å²) in [6.07, 6.45) is 2.19. The fraction of sp³-hybridized carbons (Fsp3) is 0.438. The SMILES string of the molecule is CCC(C)C(Cc1ccc2ccccc2n1)NC. The predicted molar refractivity (Wildman–Crippen MR) is 77.7 cm³/mol. The average molecular weight is 242 g/mol. The molecule has 2 unspecified atom stereocenters. The third-order valence-electron chi connectivity index (χ3n) is 3.79. The number of nitrogens with zero attached hydrogens (tertiary/aromatic N) is 1. The maximum Gasteiger partial charge on any atom is 0.0705 e. The van der Waals surface area contributed by atoms with Crippen LogP contribution in [0.1, 0.15) is 26.0 Å². The van der Waals surface area contributed by atoms with Crippen molar-refractivity contribution in [2.24, 2.45) is 5.92 Å². The second kappa shape index (κ2) is 5.96. The normalized spacial score (nSPS) is 14.6. The van der Waals surface area contributed by atoms with Crippen LogP contribution in [0.4, 0.5) is 0 Å². The summed E-state index contributed by atoms with van der Waals surface area (Å²) in [5.74, 6) is 0.670. The number of aromatic nitrogens is 1. The van der Waals surface area contributed by atoms with E-state index < -0.39 is 0 Å². The van der Waals surface area contributed by atoms with Gasteiger partial charge in [-0.2, -0.15) is 0 Å². The van der Waals surface area contributed by atoms with Crippen molar-refractivity contribution in [1.82, 2.24) is 10.3 Å². The average Bonchev–Trinajstić information content (AvgIpc) is 2.43. The molecule has 96 valence electrons. The molecule has 0 radical (unpaired) electrons. The number of fused-ring (bicyclic) bond motifs is 1. The highest BCUT2D eigenvalue weighted by atomic mass is 14.9. The standard InChI is InChI=1S/C16H22N2/c1-4-12(2)16(17-3)11-14-10-9-13-7-5-6-8-15(13)18-14/h5-10,12,16-17H,4,11H2,1-3H3. The zero-order chi connectivity index (χ0) is 13.0. The number of nitrogens with one attached hydrogen (secondary N) is 1. The van der Waals surface area contributed by atoms with Gasteiger partial charge in [-0.15, -0.1) is 0 Å². The van der Waals surface area contributed by atoms with Gasteiger partial charge in [0.2, 0.25) is 0 Å². The van der Waals surface area contributed by atoms with Gasteiger partial charge in [0, 0.05) is 23.5 Å². The minimum absolute atomic E-state index is 0.503. The number of rotatable bonds is 5. The van der Waals surface area contributed by atoms with E-state index in [-0.39, 0.29) is 0 Å². The van der Waals surface area contributed by atoms with Crippen molar-refractivity contribution in [1.29, 1.82) is 0 Å². The summed E-state index contributed by atoms with van der Waals surface area (Å²) in [7, 11) is 2.04. The molecule has 0 bridgehead atoms. The zero-order valence-electron chi connectivity index (χ0n) is 11.5. The van der Waals surface area contributed by atoms with Crippen LogP contribution < -0.4 is 5.32 Å². The highest BCUT2D eigenvalue weighted by Crippen LogP contribution is 2.16. The molecule has 2 nitrogen and oxygen atoms in total. The Morgan fingerprint density at radius 3 is 2.67 bits per heavy atom. The molecule has 0 aliphatic carbocycles. The summed E-state index contributed by atoms with van der Waals surface area (Å²) in [6.45, 7) is 4.53. The lowest BCUT2D eigenvalue weighted by Crippen LogP contribution is -2.34. The first-order valence-electron chi connectivity index (χ1n) is 6.76. The van der Waals surface area contributed by atoms with E-state index >= 15 is 0 Å². The van der Waals surface area contributed by atoms with E-state index in [1.54, 1.807) is 0 Å². The third kappa shape index (κ3) is 2.88. The van der Waals surface area contributed by atoms with E-state index in [2.05, 4.69) is 49.5 Å². The smallest absolute Gasteiger partial charge is 0.0705 e. The Bertz CT molecular complexity index is 507. The van der Waals surface area contributed by atoms with Gasteiger partial charge in [0.15, 0.2) is 0 Å². The summed E-state index contributed by atoms with van der Waals surface area (Å²) in [5, 5.41) is 4.62. The molecule has 0 saturated heterocycles. The molecule has 1 heterocycles. The number of para-hydroxylation sites is 1. The van der Waals surface area contributed by atoms with Crippen LogP contribution in [0.2, 0.25) is 0 Å². The van der Waals surface area contributed by atoms with E-state index in [1.165, 1.54) is 17.5 Å². The van der Waals surface area contributed by atoms with Gasteiger partial charge in [-0.3, -0.25) is 4.98 Å². The van der Waals surface area contributed by atoms with Gasteiger partial charge in [-0.1, -0.05) is 44.5 Å². The fourth-order valence-corrected chi connectivity index (χ4v) is 2.32. The molecule has 0 aliphatic heterocycles. The van der Waals surface area contributed by atoms with Crippen LogP contribution in [0.5, 0.6) is 0 Å². The molecule has 1 N–H and O–H groups in total. The van der Waals surface area contributed by atoms with Crippen LogP contribution in [-0.4, -0.2) is 18.1 Å². The first-order chi connectivity index (χ1) is 8.74. The topological polar surface area (TPSA) is 24.9 Å². The van der Waals surface area contributed by atoms with Gasteiger partial charge in [-0.05, 0) is 25.1 Å². The molecule has 2 atom stereocenters. The molecule has 0 fully saturated rings. The van der Waals surface area contributed by atoms with E-state index in [0.717, 1.165) is 11.9 Å². The minimum atomic E-state index is 0.503. The van der Waals surface area contributed by atoms with Crippen molar-refractivity contribution in [2.45, 2.75) is 32.7 Å². The van der Waals surface area contributed by atoms with Crippen LogP contribution in [0.3, 0.4) is 0 Å². The summed E-state index contributed by atoms with van der Waals surface area (Å²) in [6, 6.07) is 13.1. The Morgan fingerprint density at radius 2 is 1.94 bits per heavy atom. The molecule has 0 amide bonds. The molecule has 1 aromatic carbocycles. The lowest BCUT2D eigenvalue weighted by Gasteiger charge is -2.22. The Balaban J connectivity index is 2.20. The second-order valence-electron chi connectivity index (χ2n) is 4.98. The Kier molecular flexibility index (Phi) is 4.32. The quantitative estimate of drug-likeness (QED) is 0.869. The van der Waals surface area contributed by atoms with Crippen molar-refractivity contribution in [3.8, 4) is 0 Å². The van der Waals surface area contributed by atoms with Gasteiger partial charge in [0.1, 0.15) is 0 Å². The molecular formula is C16H22N2. The Morgan fingerprint density at radius 1 is 1.17 bits per heavy atom. The van der Waals surface area contributed by atoms with Crippen LogP contribution >= 0.6 is 0 Å². The van der Waals surface area contributed by atoms with Crippen molar-refractivity contribution in [3.63, 3.8) is 0 Å². The lowest BCUT2D eigenvalue weighted by atomic mass is 9.95. The van der Waals surface area contributed by atoms with Crippen LogP contribution in [-0.2, 0) is 6.42 Å². The van der Waals surface area contributed by atoms with Gasteiger partial charge in [0.25, 0.3) is 0 Å². The summed E-state index contributed by atoms with van der Waals surface area (Å²) in [5.41, 5.74) is 2.27. The third-order valence-corrected chi connectivity index (χ3v) is 3.79. The maximum absolute atomic E-state index is 4.74. The minimum Gasteiger partial charge on any atom is -0.316 e. The number of benzene rings is 1. The van der Waals surface area contributed by atoms with Crippen molar-refractivity contribution in [3.05, 3.63) is 42.1 Å². The summed E-state index contributed by atoms with van der Waals surface area (Å²) >= 11 is 0. The zero-order valence-corrected chi connectivity index (χ0v) is 11.5. The highest BCUT2D eigenvalue weighted by molar-refractivity contribution is 5.78. The molecule has 2 aromatic rings. The monoisotopic (exact) mass is 242 g/mol. The predicted octanol–water partition coefficient (Wildman–Crippen LogP) is 3.41. The largest absolute Gasteiger partial charge is 0.316 e. The van der Waals surface area contributed by atoms with Gasteiger partial charge >= 0.3 is 0 Å². The van der Waals surface area contributed by atoms with E-state index in [1.807, 2.05) is 13.1 Å². The molecule has 18 heavy (non-hydrogen) atoms. The summed E-state index contributed by atoms with van der Waals surface area (Å²) < 4.78 is 0. The Hall–Kier alpha value is -1.41. The molecule has 0 spiro atoms. The summed E-state index contributed by atoms with van der Waals surface area (Å²) in [4.78, 5) is 4.74. The number of hydrogen-bond acceptors (Lipinski definition) is 2. The molecule has 0 saturated carbocycles. The van der Waals surface area contributed by atoms with Gasteiger partial charge in [-0.25, -0.2) is 0 Å². The highest BCUT2D eigenvalue weighted by Gasteiger charge is 2.14. The van der Waals surface area contributed by atoms with E-state index in [9.17, 15) is 0 Å². The van der Waals surface area contributed by atoms with Crippen LogP contribution in [0.25, 0.3) is 10.9 Å². The lowest BCUT2D eigenvalue weighted by molar-refractivity contribution is 0.384. The molecule has 1 aromatic heterocycles. The van der Waals surface area contributed by atoms with Gasteiger partial charge in [0.05, 0.1) is 5.52 Å². The van der Waals surface area contributed by atoms with Crippen molar-refractivity contribution >= 4 is 10.9 Å². The number of likely N-dealkylation sites (N-methyl/N-ethyl adjacent to an activating group) is 1. The first-order valence-corrected chi connectivity index (χ1v) is 6.76. The fourth-order valence-electron chi connectivity index (χ4n) is 2.32. The maximum atomic E-state index is 4.74. The van der Waals surface area contributed by atoms with Crippen molar-refractivity contribution < 1.29 is 0 Å². The van der Waals surface area contributed by atoms with Crippen LogP contribution in [0.15, 0.2) is 36.4 Å². The van der Waals surface area contributed by atoms with Gasteiger partial charge < -0.3 is 5.32 Å². The van der Waals surface area contributed by atoms with E-state index in [4.69, 9.17) is 4.98 Å². The number of hydrogen-bond donors (Lipinski definition) is 1. The second-order valence-corrected chi connectivity index (χ2v) is 4.98. The molecule has 2 rings (SSSR count). The van der Waals surface area contributed by atoms with E-state index in [0.29, 0.717) is 12.0 Å². The van der Waals surface area contributed by atoms with Crippen LogP contribution in [0, 0.1) is 5.92 Å². The molecule has 0 aliphatic rings. The number of pyridine rings is 1. The molecule has 2 heteroatoms.